The molecular weight excluding hydrogens is 258 g/mol. The average molecular weight is 272 g/mol. The van der Waals surface area contributed by atoms with Gasteiger partial charge in [-0.3, -0.25) is 0 Å². The molecule has 3 heteroatoms. The van der Waals surface area contributed by atoms with Crippen LogP contribution < -0.4 is 5.73 Å². The van der Waals surface area contributed by atoms with Gasteiger partial charge in [-0.1, -0.05) is 35.9 Å². The lowest BCUT2D eigenvalue weighted by Crippen LogP contribution is -2.11. The van der Waals surface area contributed by atoms with Gasteiger partial charge in [0, 0.05) is 10.4 Å². The largest absolute Gasteiger partial charge is 0.459 e. The van der Waals surface area contributed by atoms with Crippen molar-refractivity contribution in [1.29, 1.82) is 0 Å². The van der Waals surface area contributed by atoms with Crippen molar-refractivity contribution < 1.29 is 4.42 Å². The predicted molar refractivity (Wildman–Crippen MR) is 78.4 cm³/mol. The van der Waals surface area contributed by atoms with Gasteiger partial charge in [0.2, 0.25) is 0 Å². The number of halogens is 1. The van der Waals surface area contributed by atoms with Crippen LogP contribution in [0.5, 0.6) is 0 Å². The van der Waals surface area contributed by atoms with Gasteiger partial charge in [0.15, 0.2) is 0 Å². The third kappa shape index (κ3) is 2.37. The van der Waals surface area contributed by atoms with E-state index >= 15 is 0 Å². The van der Waals surface area contributed by atoms with Crippen LogP contribution in [0.4, 0.5) is 0 Å². The van der Waals surface area contributed by atoms with Crippen LogP contribution >= 0.6 is 11.6 Å². The number of hydrogen-bond acceptors (Lipinski definition) is 2. The number of aryl methyl sites for hydroxylation is 1. The summed E-state index contributed by atoms with van der Waals surface area (Å²) in [6.45, 7) is 2.00. The summed E-state index contributed by atoms with van der Waals surface area (Å²) in [5.74, 6) is 0.753. The minimum Gasteiger partial charge on any atom is -0.459 e. The minimum absolute atomic E-state index is 0.301. The van der Waals surface area contributed by atoms with E-state index in [-0.39, 0.29) is 6.04 Å². The van der Waals surface area contributed by atoms with Crippen LogP contribution in [0.3, 0.4) is 0 Å². The van der Waals surface area contributed by atoms with Crippen LogP contribution in [0.25, 0.3) is 11.0 Å². The van der Waals surface area contributed by atoms with Gasteiger partial charge >= 0.3 is 0 Å². The van der Waals surface area contributed by atoms with E-state index in [0.717, 1.165) is 27.9 Å². The maximum atomic E-state index is 6.27. The number of para-hydroxylation sites is 1. The molecule has 0 aliphatic rings. The first-order valence-electron chi connectivity index (χ1n) is 6.14. The van der Waals surface area contributed by atoms with Gasteiger partial charge in [-0.2, -0.15) is 0 Å². The van der Waals surface area contributed by atoms with Crippen LogP contribution in [0, 0.1) is 6.92 Å². The van der Waals surface area contributed by atoms with Crippen molar-refractivity contribution >= 4 is 22.6 Å². The summed E-state index contributed by atoms with van der Waals surface area (Å²) in [5, 5.41) is 1.76. The van der Waals surface area contributed by atoms with Crippen LogP contribution in [0.1, 0.15) is 22.9 Å². The second-order valence-electron chi connectivity index (χ2n) is 4.73. The Morgan fingerprint density at radius 3 is 2.63 bits per heavy atom. The van der Waals surface area contributed by atoms with E-state index in [1.165, 1.54) is 0 Å². The molecule has 96 valence electrons. The first kappa shape index (κ1) is 12.3. The van der Waals surface area contributed by atoms with Crippen LogP contribution in [0.2, 0.25) is 5.02 Å². The fraction of sp³-hybridized carbons (Fsp3) is 0.125. The first-order chi connectivity index (χ1) is 9.13. The van der Waals surface area contributed by atoms with Gasteiger partial charge < -0.3 is 10.2 Å². The standard InChI is InChI=1S/C16H14ClNO/c1-10-6-12(8-13(17)7-10)16(18)15-9-11-4-2-3-5-14(11)19-15/h2-9,16H,18H2,1H3. The summed E-state index contributed by atoms with van der Waals surface area (Å²) in [4.78, 5) is 0. The van der Waals surface area contributed by atoms with Gasteiger partial charge in [0.05, 0.1) is 6.04 Å². The zero-order valence-electron chi connectivity index (χ0n) is 10.6. The van der Waals surface area contributed by atoms with Gasteiger partial charge in [0.25, 0.3) is 0 Å². The third-order valence-electron chi connectivity index (χ3n) is 3.17. The molecule has 0 amide bonds. The molecule has 19 heavy (non-hydrogen) atoms. The van der Waals surface area contributed by atoms with Crippen molar-refractivity contribution in [2.75, 3.05) is 0 Å². The summed E-state index contributed by atoms with van der Waals surface area (Å²) < 4.78 is 5.80. The highest BCUT2D eigenvalue weighted by molar-refractivity contribution is 6.30. The molecule has 1 heterocycles. The van der Waals surface area contributed by atoms with Crippen molar-refractivity contribution in [3.8, 4) is 0 Å². The molecule has 0 fully saturated rings. The lowest BCUT2D eigenvalue weighted by Gasteiger charge is -2.10. The number of benzene rings is 2. The fourth-order valence-electron chi connectivity index (χ4n) is 2.26. The third-order valence-corrected chi connectivity index (χ3v) is 3.39. The second kappa shape index (κ2) is 4.72. The summed E-state index contributed by atoms with van der Waals surface area (Å²) >= 11 is 6.07. The Morgan fingerprint density at radius 1 is 1.11 bits per heavy atom. The Balaban J connectivity index is 2.05. The second-order valence-corrected chi connectivity index (χ2v) is 5.16. The van der Waals surface area contributed by atoms with E-state index < -0.39 is 0 Å². The molecule has 2 N–H and O–H groups in total. The van der Waals surface area contributed by atoms with E-state index in [1.54, 1.807) is 0 Å². The van der Waals surface area contributed by atoms with Crippen LogP contribution in [-0.4, -0.2) is 0 Å². The van der Waals surface area contributed by atoms with E-state index in [0.29, 0.717) is 5.02 Å². The molecule has 3 rings (SSSR count). The minimum atomic E-state index is -0.301. The number of fused-ring (bicyclic) bond motifs is 1. The highest BCUT2D eigenvalue weighted by atomic mass is 35.5. The summed E-state index contributed by atoms with van der Waals surface area (Å²) in [5.41, 5.74) is 9.17. The molecule has 1 atom stereocenters. The summed E-state index contributed by atoms with van der Waals surface area (Å²) in [6, 6.07) is 15.4. The molecule has 0 saturated heterocycles. The Kier molecular flexibility index (Phi) is 3.05. The first-order valence-corrected chi connectivity index (χ1v) is 6.52. The number of nitrogens with two attached hydrogens (primary N) is 1. The predicted octanol–water partition coefficient (Wildman–Crippen LogP) is 4.44. The van der Waals surface area contributed by atoms with E-state index in [9.17, 15) is 0 Å². The zero-order valence-corrected chi connectivity index (χ0v) is 11.3. The van der Waals surface area contributed by atoms with Crippen molar-refractivity contribution in [2.24, 2.45) is 5.73 Å². The number of hydrogen-bond donors (Lipinski definition) is 1. The highest BCUT2D eigenvalue weighted by Gasteiger charge is 2.14. The molecule has 1 aromatic heterocycles. The molecule has 0 aliphatic carbocycles. The van der Waals surface area contributed by atoms with E-state index in [2.05, 4.69) is 0 Å². The van der Waals surface area contributed by atoms with E-state index in [4.69, 9.17) is 21.8 Å². The van der Waals surface area contributed by atoms with E-state index in [1.807, 2.05) is 55.5 Å². The van der Waals surface area contributed by atoms with Crippen LogP contribution in [-0.2, 0) is 0 Å². The maximum absolute atomic E-state index is 6.27. The lowest BCUT2D eigenvalue weighted by molar-refractivity contribution is 0.525. The quantitative estimate of drug-likeness (QED) is 0.748. The van der Waals surface area contributed by atoms with Gasteiger partial charge in [0.1, 0.15) is 11.3 Å². The molecule has 0 saturated carbocycles. The molecule has 0 spiro atoms. The Bertz CT molecular complexity index is 679. The zero-order chi connectivity index (χ0) is 13.4. The number of furan rings is 1. The molecule has 2 aromatic carbocycles. The topological polar surface area (TPSA) is 39.2 Å². The van der Waals surface area contributed by atoms with Crippen LogP contribution in [0.15, 0.2) is 52.9 Å². The van der Waals surface area contributed by atoms with Gasteiger partial charge in [-0.15, -0.1) is 0 Å². The Labute approximate surface area is 116 Å². The molecule has 0 aliphatic heterocycles. The molecule has 3 aromatic rings. The van der Waals surface area contributed by atoms with Gasteiger partial charge in [-0.05, 0) is 42.3 Å². The molecule has 0 radical (unpaired) electrons. The normalized spacial score (nSPS) is 12.8. The monoisotopic (exact) mass is 271 g/mol. The molecular formula is C16H14ClNO. The maximum Gasteiger partial charge on any atom is 0.134 e. The Hall–Kier alpha value is -1.77. The average Bonchev–Trinajstić information content (AvgIpc) is 2.80. The SMILES string of the molecule is Cc1cc(Cl)cc(C(N)c2cc3ccccc3o2)c1. The van der Waals surface area contributed by atoms with Crippen molar-refractivity contribution in [2.45, 2.75) is 13.0 Å². The summed E-state index contributed by atoms with van der Waals surface area (Å²) in [7, 11) is 0. The van der Waals surface area contributed by atoms with Crippen molar-refractivity contribution in [3.63, 3.8) is 0 Å². The molecule has 1 unspecified atom stereocenters. The fourth-order valence-corrected chi connectivity index (χ4v) is 2.56. The van der Waals surface area contributed by atoms with Gasteiger partial charge in [-0.25, -0.2) is 0 Å². The smallest absolute Gasteiger partial charge is 0.134 e. The Morgan fingerprint density at radius 2 is 1.89 bits per heavy atom. The van der Waals surface area contributed by atoms with Crippen molar-refractivity contribution in [3.05, 3.63) is 70.4 Å². The molecule has 2 nitrogen and oxygen atoms in total. The summed E-state index contributed by atoms with van der Waals surface area (Å²) in [6.07, 6.45) is 0. The van der Waals surface area contributed by atoms with Crippen molar-refractivity contribution in [1.82, 2.24) is 0 Å². The lowest BCUT2D eigenvalue weighted by atomic mass is 10.0. The molecule has 0 bridgehead atoms. The number of rotatable bonds is 2. The highest BCUT2D eigenvalue weighted by Crippen LogP contribution is 2.28.